The van der Waals surface area contributed by atoms with Gasteiger partial charge in [-0.15, -0.1) is 11.3 Å². The molecule has 5 nitrogen and oxygen atoms in total. The summed E-state index contributed by atoms with van der Waals surface area (Å²) in [6, 6.07) is 3.86. The number of aromatic nitrogens is 1. The standard InChI is InChI=1S/C14H16N2O3S/c1-9-16-6-11(20-9)7-17-12-4-14-13(18-8-19-14)3-10(12)5-15-2/h3-4,6,15H,5,7-8H2,1-2H3. The molecule has 1 N–H and O–H groups in total. The number of thiazole rings is 1. The lowest BCUT2D eigenvalue weighted by Crippen LogP contribution is -2.07. The number of hydrogen-bond acceptors (Lipinski definition) is 6. The fraction of sp³-hybridized carbons (Fsp3) is 0.357. The molecule has 106 valence electrons. The molecule has 0 bridgehead atoms. The topological polar surface area (TPSA) is 52.6 Å². The van der Waals surface area contributed by atoms with Crippen molar-refractivity contribution in [2.75, 3.05) is 13.8 Å². The van der Waals surface area contributed by atoms with Crippen LogP contribution in [0, 0.1) is 6.92 Å². The smallest absolute Gasteiger partial charge is 0.231 e. The van der Waals surface area contributed by atoms with E-state index in [0.29, 0.717) is 13.2 Å². The summed E-state index contributed by atoms with van der Waals surface area (Å²) in [6.45, 7) is 3.49. The Kier molecular flexibility index (Phi) is 3.75. The van der Waals surface area contributed by atoms with Gasteiger partial charge in [0.1, 0.15) is 12.4 Å². The van der Waals surface area contributed by atoms with Crippen molar-refractivity contribution >= 4 is 11.3 Å². The van der Waals surface area contributed by atoms with E-state index in [1.165, 1.54) is 0 Å². The lowest BCUT2D eigenvalue weighted by molar-refractivity contribution is 0.173. The fourth-order valence-corrected chi connectivity index (χ4v) is 2.76. The van der Waals surface area contributed by atoms with Gasteiger partial charge >= 0.3 is 0 Å². The average Bonchev–Trinajstić information content (AvgIpc) is 3.04. The summed E-state index contributed by atoms with van der Waals surface area (Å²) in [5.74, 6) is 2.33. The number of aryl methyl sites for hydroxylation is 1. The number of nitrogens with zero attached hydrogens (tertiary/aromatic N) is 1. The first-order valence-corrected chi connectivity index (χ1v) is 7.19. The highest BCUT2D eigenvalue weighted by molar-refractivity contribution is 7.11. The maximum Gasteiger partial charge on any atom is 0.231 e. The summed E-state index contributed by atoms with van der Waals surface area (Å²) in [5, 5.41) is 4.18. The van der Waals surface area contributed by atoms with Gasteiger partial charge in [-0.25, -0.2) is 4.98 Å². The van der Waals surface area contributed by atoms with E-state index in [4.69, 9.17) is 14.2 Å². The van der Waals surface area contributed by atoms with Crippen molar-refractivity contribution in [2.24, 2.45) is 0 Å². The molecule has 0 amide bonds. The minimum atomic E-state index is 0.270. The number of hydrogen-bond donors (Lipinski definition) is 1. The summed E-state index contributed by atoms with van der Waals surface area (Å²) in [7, 11) is 1.90. The Bertz CT molecular complexity index is 612. The molecule has 0 fully saturated rings. The van der Waals surface area contributed by atoms with Crippen molar-refractivity contribution < 1.29 is 14.2 Å². The first-order chi connectivity index (χ1) is 9.76. The lowest BCUT2D eigenvalue weighted by atomic mass is 10.1. The number of benzene rings is 1. The summed E-state index contributed by atoms with van der Waals surface area (Å²) in [4.78, 5) is 5.33. The average molecular weight is 292 g/mol. The van der Waals surface area contributed by atoms with Crippen LogP contribution in [0.1, 0.15) is 15.4 Å². The van der Waals surface area contributed by atoms with Gasteiger partial charge in [0.05, 0.1) is 9.88 Å². The van der Waals surface area contributed by atoms with E-state index >= 15 is 0 Å². The van der Waals surface area contributed by atoms with Crippen LogP contribution in [0.3, 0.4) is 0 Å². The Labute approximate surface area is 121 Å². The molecule has 0 saturated carbocycles. The molecule has 20 heavy (non-hydrogen) atoms. The zero-order chi connectivity index (χ0) is 13.9. The summed E-state index contributed by atoms with van der Waals surface area (Å²) < 4.78 is 16.7. The number of ether oxygens (including phenoxy) is 3. The van der Waals surface area contributed by atoms with Gasteiger partial charge < -0.3 is 19.5 Å². The zero-order valence-corrected chi connectivity index (χ0v) is 12.3. The highest BCUT2D eigenvalue weighted by Gasteiger charge is 2.18. The second kappa shape index (κ2) is 5.68. The van der Waals surface area contributed by atoms with Crippen LogP contribution in [0.2, 0.25) is 0 Å². The first-order valence-electron chi connectivity index (χ1n) is 6.37. The molecular weight excluding hydrogens is 276 g/mol. The van der Waals surface area contributed by atoms with Crippen molar-refractivity contribution in [3.63, 3.8) is 0 Å². The van der Waals surface area contributed by atoms with Crippen LogP contribution < -0.4 is 19.5 Å². The molecule has 3 rings (SSSR count). The number of rotatable bonds is 5. The molecule has 1 aliphatic rings. The molecule has 0 saturated heterocycles. The number of nitrogens with one attached hydrogen (secondary N) is 1. The van der Waals surface area contributed by atoms with Gasteiger partial charge in [-0.05, 0) is 20.0 Å². The van der Waals surface area contributed by atoms with Crippen LogP contribution in [-0.2, 0) is 13.2 Å². The van der Waals surface area contributed by atoms with E-state index in [-0.39, 0.29) is 6.79 Å². The lowest BCUT2D eigenvalue weighted by Gasteiger charge is -2.11. The van der Waals surface area contributed by atoms with E-state index in [1.54, 1.807) is 11.3 Å². The third-order valence-electron chi connectivity index (χ3n) is 2.96. The van der Waals surface area contributed by atoms with Crippen LogP contribution >= 0.6 is 11.3 Å². The molecule has 2 heterocycles. The van der Waals surface area contributed by atoms with Gasteiger partial charge in [-0.1, -0.05) is 0 Å². The molecule has 2 aromatic rings. The van der Waals surface area contributed by atoms with Crippen molar-refractivity contribution in [3.05, 3.63) is 33.8 Å². The molecule has 0 spiro atoms. The van der Waals surface area contributed by atoms with Crippen molar-refractivity contribution in [1.29, 1.82) is 0 Å². The predicted molar refractivity (Wildman–Crippen MR) is 76.5 cm³/mol. The van der Waals surface area contributed by atoms with Gasteiger partial charge in [0, 0.05) is 24.4 Å². The number of fused-ring (bicyclic) bond motifs is 1. The Morgan fingerprint density at radius 1 is 1.35 bits per heavy atom. The summed E-state index contributed by atoms with van der Waals surface area (Å²) in [5.41, 5.74) is 1.05. The van der Waals surface area contributed by atoms with Gasteiger partial charge in [0.2, 0.25) is 6.79 Å². The van der Waals surface area contributed by atoms with Gasteiger partial charge in [0.15, 0.2) is 11.5 Å². The molecule has 1 aliphatic heterocycles. The SMILES string of the molecule is CNCc1cc2c(cc1OCc1cnc(C)s1)OCO2. The minimum Gasteiger partial charge on any atom is -0.488 e. The second-order valence-corrected chi connectivity index (χ2v) is 5.80. The molecule has 1 aromatic heterocycles. The Hall–Kier alpha value is -1.79. The molecule has 1 aromatic carbocycles. The van der Waals surface area contributed by atoms with Crippen LogP contribution in [0.5, 0.6) is 17.2 Å². The molecular formula is C14H16N2O3S. The Balaban J connectivity index is 1.80. The van der Waals surface area contributed by atoms with E-state index in [1.807, 2.05) is 32.3 Å². The van der Waals surface area contributed by atoms with Crippen LogP contribution in [0.15, 0.2) is 18.3 Å². The zero-order valence-electron chi connectivity index (χ0n) is 11.4. The molecule has 0 atom stereocenters. The fourth-order valence-electron chi connectivity index (χ4n) is 2.05. The Morgan fingerprint density at radius 3 is 2.85 bits per heavy atom. The molecule has 0 aliphatic carbocycles. The van der Waals surface area contributed by atoms with Gasteiger partial charge in [-0.2, -0.15) is 0 Å². The molecule has 0 radical (unpaired) electrons. The van der Waals surface area contributed by atoms with Crippen molar-refractivity contribution in [3.8, 4) is 17.2 Å². The van der Waals surface area contributed by atoms with Crippen LogP contribution in [-0.4, -0.2) is 18.8 Å². The van der Waals surface area contributed by atoms with Crippen molar-refractivity contribution in [1.82, 2.24) is 10.3 Å². The largest absolute Gasteiger partial charge is 0.488 e. The first kappa shape index (κ1) is 13.2. The summed E-state index contributed by atoms with van der Waals surface area (Å²) in [6.07, 6.45) is 1.85. The van der Waals surface area contributed by atoms with E-state index in [0.717, 1.165) is 32.7 Å². The van der Waals surface area contributed by atoms with E-state index in [9.17, 15) is 0 Å². The Morgan fingerprint density at radius 2 is 2.15 bits per heavy atom. The predicted octanol–water partition coefficient (Wildman–Crippen LogP) is 2.48. The van der Waals surface area contributed by atoms with Gasteiger partial charge in [-0.3, -0.25) is 0 Å². The van der Waals surface area contributed by atoms with E-state index < -0.39 is 0 Å². The van der Waals surface area contributed by atoms with E-state index in [2.05, 4.69) is 10.3 Å². The molecule has 6 heteroatoms. The highest BCUT2D eigenvalue weighted by atomic mass is 32.1. The third-order valence-corrected chi connectivity index (χ3v) is 3.85. The normalized spacial score (nSPS) is 12.7. The van der Waals surface area contributed by atoms with Crippen LogP contribution in [0.25, 0.3) is 0 Å². The maximum absolute atomic E-state index is 5.91. The maximum atomic E-state index is 5.91. The molecule has 0 unspecified atom stereocenters. The highest BCUT2D eigenvalue weighted by Crippen LogP contribution is 2.38. The quantitative estimate of drug-likeness (QED) is 0.917. The third kappa shape index (κ3) is 2.71. The van der Waals surface area contributed by atoms with Crippen LogP contribution in [0.4, 0.5) is 0 Å². The van der Waals surface area contributed by atoms with Crippen molar-refractivity contribution in [2.45, 2.75) is 20.1 Å². The van der Waals surface area contributed by atoms with Gasteiger partial charge in [0.25, 0.3) is 0 Å². The second-order valence-electron chi connectivity index (χ2n) is 4.48. The summed E-state index contributed by atoms with van der Waals surface area (Å²) >= 11 is 1.64. The monoisotopic (exact) mass is 292 g/mol. The minimum absolute atomic E-state index is 0.270.